The number of aromatic nitrogens is 1. The number of carbonyl (C=O) groups excluding carboxylic acids is 1. The van der Waals surface area contributed by atoms with Crippen LogP contribution in [0.25, 0.3) is 10.9 Å². The highest BCUT2D eigenvalue weighted by atomic mass is 35.5. The maximum Gasteiger partial charge on any atom is 0.256 e. The second-order valence-electron chi connectivity index (χ2n) is 8.32. The first-order chi connectivity index (χ1) is 16.7. The molecule has 2 aromatic carbocycles. The van der Waals surface area contributed by atoms with Gasteiger partial charge in [-0.1, -0.05) is 29.3 Å². The molecule has 3 N–H and O–H groups in total. The Kier molecular flexibility index (Phi) is 6.68. The molecule has 35 heavy (non-hydrogen) atoms. The molecule has 0 bridgehead atoms. The van der Waals surface area contributed by atoms with E-state index in [1.54, 1.807) is 6.92 Å². The van der Waals surface area contributed by atoms with Crippen molar-refractivity contribution in [3.05, 3.63) is 87.1 Å². The zero-order valence-corrected chi connectivity index (χ0v) is 20.7. The number of anilines is 1. The minimum absolute atomic E-state index is 0.0719. The van der Waals surface area contributed by atoms with Gasteiger partial charge in [0.2, 0.25) is 5.88 Å². The van der Waals surface area contributed by atoms with Crippen molar-refractivity contribution in [2.75, 3.05) is 11.9 Å². The molecular formula is C27H25ClN4O3. The number of hydrogen-bond donors (Lipinski definition) is 2. The maximum atomic E-state index is 13.6. The van der Waals surface area contributed by atoms with Gasteiger partial charge in [0, 0.05) is 16.6 Å². The molecule has 1 amide bonds. The van der Waals surface area contributed by atoms with Crippen molar-refractivity contribution in [2.24, 2.45) is 5.73 Å². The first-order valence-electron chi connectivity index (χ1n) is 11.1. The van der Waals surface area contributed by atoms with Gasteiger partial charge < -0.3 is 20.5 Å². The lowest BCUT2D eigenvalue weighted by Crippen LogP contribution is -2.28. The number of allylic oxidation sites excluding steroid dienone is 2. The third kappa shape index (κ3) is 4.66. The number of carbonyl (C=O) groups is 1. The van der Waals surface area contributed by atoms with Crippen LogP contribution in [0.2, 0.25) is 5.15 Å². The molecule has 0 saturated heterocycles. The summed E-state index contributed by atoms with van der Waals surface area (Å²) in [6.45, 7) is 7.95. The number of ether oxygens (including phenoxy) is 2. The Balaban J connectivity index is 1.85. The van der Waals surface area contributed by atoms with Gasteiger partial charge in [0.1, 0.15) is 28.3 Å². The number of pyridine rings is 1. The molecule has 1 unspecified atom stereocenters. The van der Waals surface area contributed by atoms with Gasteiger partial charge in [0.15, 0.2) is 0 Å². The van der Waals surface area contributed by atoms with Crippen LogP contribution >= 0.6 is 11.6 Å². The van der Waals surface area contributed by atoms with E-state index in [4.69, 9.17) is 26.8 Å². The Bertz CT molecular complexity index is 1450. The van der Waals surface area contributed by atoms with Crippen LogP contribution in [0.3, 0.4) is 0 Å². The number of nitrogens with zero attached hydrogens (tertiary/aromatic N) is 2. The second-order valence-corrected chi connectivity index (χ2v) is 8.68. The zero-order valence-electron chi connectivity index (χ0n) is 19.9. The fourth-order valence-corrected chi connectivity index (χ4v) is 4.49. The number of benzene rings is 2. The van der Waals surface area contributed by atoms with Gasteiger partial charge in [-0.3, -0.25) is 4.79 Å². The van der Waals surface area contributed by atoms with Crippen LogP contribution in [0.4, 0.5) is 5.69 Å². The van der Waals surface area contributed by atoms with Crippen molar-refractivity contribution in [3.63, 3.8) is 0 Å². The van der Waals surface area contributed by atoms with Crippen LogP contribution in [0.15, 0.2) is 65.3 Å². The topological polar surface area (TPSA) is 110 Å². The lowest BCUT2D eigenvalue weighted by Gasteiger charge is -2.28. The molecule has 0 saturated carbocycles. The van der Waals surface area contributed by atoms with Crippen molar-refractivity contribution in [1.82, 2.24) is 4.98 Å². The number of nitriles is 1. The SMILES string of the molecule is CCOc1ccc2nc(Cl)c(C3C(C#N)=C(N)OC(C)=C3C(=O)Nc3ccc(C)cc3C)cc2c1. The van der Waals surface area contributed by atoms with Crippen LogP contribution in [0.5, 0.6) is 5.75 Å². The van der Waals surface area contributed by atoms with Crippen LogP contribution in [0.1, 0.15) is 36.5 Å². The van der Waals surface area contributed by atoms with Gasteiger partial charge in [0.25, 0.3) is 5.91 Å². The molecule has 1 aromatic heterocycles. The quantitative estimate of drug-likeness (QED) is 0.451. The first-order valence-corrected chi connectivity index (χ1v) is 11.5. The summed E-state index contributed by atoms with van der Waals surface area (Å²) in [4.78, 5) is 18.1. The molecule has 1 aliphatic rings. The van der Waals surface area contributed by atoms with Gasteiger partial charge in [-0.2, -0.15) is 5.26 Å². The lowest BCUT2D eigenvalue weighted by molar-refractivity contribution is -0.113. The van der Waals surface area contributed by atoms with Crippen LogP contribution in [-0.2, 0) is 9.53 Å². The number of aryl methyl sites for hydroxylation is 2. The molecule has 178 valence electrons. The maximum absolute atomic E-state index is 13.6. The molecular weight excluding hydrogens is 464 g/mol. The number of nitrogens with one attached hydrogen (secondary N) is 1. The highest BCUT2D eigenvalue weighted by molar-refractivity contribution is 6.31. The Labute approximate surface area is 208 Å². The summed E-state index contributed by atoms with van der Waals surface area (Å²) in [6.07, 6.45) is 0. The summed E-state index contributed by atoms with van der Waals surface area (Å²) in [7, 11) is 0. The van der Waals surface area contributed by atoms with Crippen molar-refractivity contribution >= 4 is 34.1 Å². The van der Waals surface area contributed by atoms with Crippen LogP contribution in [0, 0.1) is 25.2 Å². The minimum atomic E-state index is -0.861. The van der Waals surface area contributed by atoms with Gasteiger partial charge in [-0.25, -0.2) is 4.98 Å². The number of hydrogen-bond acceptors (Lipinski definition) is 6. The molecule has 0 fully saturated rings. The molecule has 2 heterocycles. The molecule has 7 nitrogen and oxygen atoms in total. The van der Waals surface area contributed by atoms with Gasteiger partial charge in [-0.15, -0.1) is 0 Å². The number of nitrogens with two attached hydrogens (primary N) is 1. The molecule has 1 atom stereocenters. The Morgan fingerprint density at radius 1 is 1.23 bits per heavy atom. The van der Waals surface area contributed by atoms with Gasteiger partial charge >= 0.3 is 0 Å². The van der Waals surface area contributed by atoms with Gasteiger partial charge in [-0.05, 0) is 63.6 Å². The number of fused-ring (bicyclic) bond motifs is 1. The third-order valence-electron chi connectivity index (χ3n) is 5.87. The van der Waals surface area contributed by atoms with Gasteiger partial charge in [0.05, 0.1) is 23.6 Å². The smallest absolute Gasteiger partial charge is 0.256 e. The predicted molar refractivity (Wildman–Crippen MR) is 136 cm³/mol. The van der Waals surface area contributed by atoms with E-state index in [9.17, 15) is 10.1 Å². The molecule has 0 aliphatic carbocycles. The van der Waals surface area contributed by atoms with Crippen molar-refractivity contribution < 1.29 is 14.3 Å². The molecule has 3 aromatic rings. The molecule has 8 heteroatoms. The summed E-state index contributed by atoms with van der Waals surface area (Å²) in [5, 5.41) is 13.8. The zero-order chi connectivity index (χ0) is 25.3. The summed E-state index contributed by atoms with van der Waals surface area (Å²) < 4.78 is 11.2. The summed E-state index contributed by atoms with van der Waals surface area (Å²) in [5.41, 5.74) is 10.2. The summed E-state index contributed by atoms with van der Waals surface area (Å²) in [5.74, 6) is -0.388. The monoisotopic (exact) mass is 488 g/mol. The van der Waals surface area contributed by atoms with E-state index in [0.29, 0.717) is 29.1 Å². The average Bonchev–Trinajstić information content (AvgIpc) is 2.80. The first kappa shape index (κ1) is 24.1. The molecule has 0 spiro atoms. The van der Waals surface area contributed by atoms with E-state index in [1.807, 2.05) is 63.2 Å². The van der Waals surface area contributed by atoms with Crippen molar-refractivity contribution in [3.8, 4) is 11.8 Å². The van der Waals surface area contributed by atoms with Crippen molar-refractivity contribution in [2.45, 2.75) is 33.6 Å². The molecule has 1 aliphatic heterocycles. The molecule has 4 rings (SSSR count). The number of halogens is 1. The minimum Gasteiger partial charge on any atom is -0.494 e. The largest absolute Gasteiger partial charge is 0.494 e. The Hall–Kier alpha value is -4.02. The Morgan fingerprint density at radius 3 is 2.69 bits per heavy atom. The van der Waals surface area contributed by atoms with E-state index in [1.165, 1.54) is 0 Å². The Morgan fingerprint density at radius 2 is 2.00 bits per heavy atom. The van der Waals surface area contributed by atoms with E-state index in [0.717, 1.165) is 16.5 Å². The summed E-state index contributed by atoms with van der Waals surface area (Å²) >= 11 is 6.62. The van der Waals surface area contributed by atoms with E-state index >= 15 is 0 Å². The normalized spacial score (nSPS) is 15.6. The highest BCUT2D eigenvalue weighted by Crippen LogP contribution is 2.42. The number of amides is 1. The standard InChI is InChI=1S/C27H25ClN4O3/c1-5-34-18-7-9-22-17(11-18)12-19(25(28)31-22)24-20(13-29)26(30)35-16(4)23(24)27(33)32-21-8-6-14(2)10-15(21)3/h6-12,24H,5,30H2,1-4H3,(H,32,33). The fraction of sp³-hybridized carbons (Fsp3) is 0.222. The van der Waals surface area contributed by atoms with E-state index < -0.39 is 11.8 Å². The fourth-order valence-electron chi connectivity index (χ4n) is 4.24. The van der Waals surface area contributed by atoms with Crippen LogP contribution < -0.4 is 15.8 Å². The van der Waals surface area contributed by atoms with E-state index in [2.05, 4.69) is 16.4 Å². The molecule has 0 radical (unpaired) electrons. The van der Waals surface area contributed by atoms with Crippen LogP contribution in [-0.4, -0.2) is 17.5 Å². The highest BCUT2D eigenvalue weighted by Gasteiger charge is 2.37. The predicted octanol–water partition coefficient (Wildman–Crippen LogP) is 5.62. The number of rotatable bonds is 5. The van der Waals surface area contributed by atoms with Crippen molar-refractivity contribution in [1.29, 1.82) is 5.26 Å². The average molecular weight is 489 g/mol. The van der Waals surface area contributed by atoms with E-state index in [-0.39, 0.29) is 27.9 Å². The lowest BCUT2D eigenvalue weighted by atomic mass is 9.83. The third-order valence-corrected chi connectivity index (χ3v) is 6.17. The summed E-state index contributed by atoms with van der Waals surface area (Å²) in [6, 6.07) is 15.1. The second kappa shape index (κ2) is 9.69.